The van der Waals surface area contributed by atoms with Gasteiger partial charge in [-0.25, -0.2) is 4.79 Å². The molecule has 0 saturated carbocycles. The highest BCUT2D eigenvalue weighted by Crippen LogP contribution is 2.39. The number of ether oxygens (including phenoxy) is 1. The second-order valence-electron chi connectivity index (χ2n) is 6.50. The van der Waals surface area contributed by atoms with E-state index in [-0.39, 0.29) is 5.91 Å². The molecular weight excluding hydrogens is 302 g/mol. The summed E-state index contributed by atoms with van der Waals surface area (Å²) in [5, 5.41) is 2.87. The van der Waals surface area contributed by atoms with Crippen molar-refractivity contribution < 1.29 is 14.3 Å². The van der Waals surface area contributed by atoms with E-state index in [1.54, 1.807) is 18.2 Å². The number of amides is 1. The molecule has 2 aliphatic carbocycles. The Labute approximate surface area is 140 Å². The fourth-order valence-electron chi connectivity index (χ4n) is 3.74. The van der Waals surface area contributed by atoms with Gasteiger partial charge in [0.15, 0.2) is 0 Å². The summed E-state index contributed by atoms with van der Waals surface area (Å²) in [6.07, 6.45) is 9.99. The lowest BCUT2D eigenvalue weighted by Crippen LogP contribution is -2.03. The maximum Gasteiger partial charge on any atom is 0.337 e. The summed E-state index contributed by atoms with van der Waals surface area (Å²) in [6, 6.07) is 5.16. The van der Waals surface area contributed by atoms with Crippen LogP contribution in [0.25, 0.3) is 5.57 Å². The van der Waals surface area contributed by atoms with Crippen molar-refractivity contribution >= 4 is 23.1 Å². The van der Waals surface area contributed by atoms with Crippen LogP contribution in [-0.4, -0.2) is 19.0 Å². The molecule has 4 heteroatoms. The van der Waals surface area contributed by atoms with E-state index < -0.39 is 5.97 Å². The van der Waals surface area contributed by atoms with Crippen LogP contribution in [-0.2, 0) is 9.53 Å². The SMILES string of the molecule is COC(=O)c1ccc2c(c1)C(=CC1=CC3=C(CCCC3)C1)C(=O)N2. The quantitative estimate of drug-likeness (QED) is 0.661. The van der Waals surface area contributed by atoms with Crippen molar-refractivity contribution in [2.75, 3.05) is 12.4 Å². The van der Waals surface area contributed by atoms with E-state index in [9.17, 15) is 9.59 Å². The molecule has 122 valence electrons. The van der Waals surface area contributed by atoms with Gasteiger partial charge in [0.1, 0.15) is 0 Å². The Morgan fingerprint density at radius 1 is 1.25 bits per heavy atom. The third kappa shape index (κ3) is 2.48. The van der Waals surface area contributed by atoms with Crippen LogP contribution < -0.4 is 5.32 Å². The molecule has 3 aliphatic rings. The van der Waals surface area contributed by atoms with Gasteiger partial charge in [-0.15, -0.1) is 0 Å². The Morgan fingerprint density at radius 2 is 2.08 bits per heavy atom. The molecule has 0 unspecified atom stereocenters. The lowest BCUT2D eigenvalue weighted by atomic mass is 9.93. The summed E-state index contributed by atoms with van der Waals surface area (Å²) < 4.78 is 4.77. The maximum absolute atomic E-state index is 12.3. The van der Waals surface area contributed by atoms with Crippen molar-refractivity contribution in [1.29, 1.82) is 0 Å². The third-order valence-electron chi connectivity index (χ3n) is 4.96. The molecule has 0 atom stereocenters. The van der Waals surface area contributed by atoms with Crippen LogP contribution in [0.3, 0.4) is 0 Å². The van der Waals surface area contributed by atoms with Gasteiger partial charge < -0.3 is 10.1 Å². The number of rotatable bonds is 2. The smallest absolute Gasteiger partial charge is 0.337 e. The predicted octanol–water partition coefficient (Wildman–Crippen LogP) is 4.01. The fourth-order valence-corrected chi connectivity index (χ4v) is 3.74. The van der Waals surface area contributed by atoms with E-state index in [4.69, 9.17) is 4.74 Å². The first-order valence-electron chi connectivity index (χ1n) is 8.33. The van der Waals surface area contributed by atoms with E-state index in [0.29, 0.717) is 11.1 Å². The van der Waals surface area contributed by atoms with Crippen LogP contribution in [0.4, 0.5) is 5.69 Å². The second kappa shape index (κ2) is 5.78. The first-order valence-corrected chi connectivity index (χ1v) is 8.33. The zero-order valence-corrected chi connectivity index (χ0v) is 13.6. The molecule has 0 fully saturated rings. The van der Waals surface area contributed by atoms with Crippen molar-refractivity contribution in [3.05, 3.63) is 58.2 Å². The maximum atomic E-state index is 12.3. The van der Waals surface area contributed by atoms with Gasteiger partial charge in [-0.3, -0.25) is 4.79 Å². The van der Waals surface area contributed by atoms with Crippen LogP contribution >= 0.6 is 0 Å². The van der Waals surface area contributed by atoms with Crippen LogP contribution in [0.15, 0.2) is 47.1 Å². The zero-order valence-electron chi connectivity index (χ0n) is 13.6. The predicted molar refractivity (Wildman–Crippen MR) is 92.6 cm³/mol. The molecule has 1 N–H and O–H groups in total. The summed E-state index contributed by atoms with van der Waals surface area (Å²) in [5.41, 5.74) is 6.76. The van der Waals surface area contributed by atoms with E-state index in [1.807, 2.05) is 6.08 Å². The highest BCUT2D eigenvalue weighted by atomic mass is 16.5. The molecule has 0 spiro atoms. The molecule has 0 saturated heterocycles. The van der Waals surface area contributed by atoms with Crippen molar-refractivity contribution in [2.45, 2.75) is 32.1 Å². The summed E-state index contributed by atoms with van der Waals surface area (Å²) in [4.78, 5) is 24.1. The highest BCUT2D eigenvalue weighted by molar-refractivity contribution is 6.32. The minimum Gasteiger partial charge on any atom is -0.465 e. The summed E-state index contributed by atoms with van der Waals surface area (Å²) in [6.45, 7) is 0. The third-order valence-corrected chi connectivity index (χ3v) is 4.96. The summed E-state index contributed by atoms with van der Waals surface area (Å²) in [5.74, 6) is -0.508. The number of methoxy groups -OCH3 is 1. The lowest BCUT2D eigenvalue weighted by molar-refractivity contribution is -0.110. The van der Waals surface area contributed by atoms with E-state index in [2.05, 4.69) is 11.4 Å². The van der Waals surface area contributed by atoms with E-state index in [0.717, 1.165) is 24.1 Å². The number of anilines is 1. The Balaban J connectivity index is 1.68. The summed E-state index contributed by atoms with van der Waals surface area (Å²) >= 11 is 0. The minimum atomic E-state index is -0.395. The van der Waals surface area contributed by atoms with Gasteiger partial charge in [0.05, 0.1) is 12.7 Å². The molecular formula is C20H19NO3. The zero-order chi connectivity index (χ0) is 16.7. The Kier molecular flexibility index (Phi) is 3.60. The standard InChI is InChI=1S/C20H19NO3/c1-24-20(23)15-6-7-18-16(11-15)17(19(22)21-18)10-12-8-13-4-2-3-5-14(13)9-12/h6-8,10-11H,2-5,9H2,1H3,(H,21,22). The van der Waals surface area contributed by atoms with Gasteiger partial charge in [-0.1, -0.05) is 11.6 Å². The van der Waals surface area contributed by atoms with Gasteiger partial charge in [-0.2, -0.15) is 0 Å². The minimum absolute atomic E-state index is 0.113. The number of nitrogens with one attached hydrogen (secondary N) is 1. The van der Waals surface area contributed by atoms with Crippen LogP contribution in [0.1, 0.15) is 48.0 Å². The van der Waals surface area contributed by atoms with Crippen LogP contribution in [0.5, 0.6) is 0 Å². The number of hydrogen-bond donors (Lipinski definition) is 1. The van der Waals surface area contributed by atoms with Gasteiger partial charge >= 0.3 is 5.97 Å². The number of fused-ring (bicyclic) bond motifs is 1. The van der Waals surface area contributed by atoms with E-state index in [1.165, 1.54) is 43.1 Å². The van der Waals surface area contributed by atoms with Crippen molar-refractivity contribution in [3.63, 3.8) is 0 Å². The van der Waals surface area contributed by atoms with Gasteiger partial charge in [0.2, 0.25) is 0 Å². The fraction of sp³-hybridized carbons (Fsp3) is 0.300. The van der Waals surface area contributed by atoms with Gasteiger partial charge in [0.25, 0.3) is 5.91 Å². The van der Waals surface area contributed by atoms with Crippen molar-refractivity contribution in [2.24, 2.45) is 0 Å². The molecule has 1 aromatic carbocycles. The Hall–Kier alpha value is -2.62. The molecule has 1 aromatic rings. The molecule has 0 bridgehead atoms. The largest absolute Gasteiger partial charge is 0.465 e. The number of carbonyl (C=O) groups excluding carboxylic acids is 2. The average molecular weight is 321 g/mol. The Morgan fingerprint density at radius 3 is 2.88 bits per heavy atom. The second-order valence-corrected chi connectivity index (χ2v) is 6.50. The molecule has 0 aromatic heterocycles. The monoisotopic (exact) mass is 321 g/mol. The number of esters is 1. The molecule has 1 amide bonds. The average Bonchev–Trinajstić information content (AvgIpc) is 3.14. The van der Waals surface area contributed by atoms with E-state index >= 15 is 0 Å². The first-order chi connectivity index (χ1) is 11.7. The van der Waals surface area contributed by atoms with Crippen molar-refractivity contribution in [1.82, 2.24) is 0 Å². The molecule has 4 nitrogen and oxygen atoms in total. The molecule has 4 rings (SSSR count). The normalized spacial score (nSPS) is 20.6. The van der Waals surface area contributed by atoms with Gasteiger partial charge in [-0.05, 0) is 67.5 Å². The molecule has 1 heterocycles. The number of benzene rings is 1. The highest BCUT2D eigenvalue weighted by Gasteiger charge is 2.27. The molecule has 0 radical (unpaired) electrons. The van der Waals surface area contributed by atoms with Crippen molar-refractivity contribution in [3.8, 4) is 0 Å². The lowest BCUT2D eigenvalue weighted by Gasteiger charge is -2.12. The summed E-state index contributed by atoms with van der Waals surface area (Å²) in [7, 11) is 1.36. The van der Waals surface area contributed by atoms with Crippen LogP contribution in [0.2, 0.25) is 0 Å². The molecule has 1 aliphatic heterocycles. The van der Waals surface area contributed by atoms with Crippen LogP contribution in [0, 0.1) is 0 Å². The Bertz CT molecular complexity index is 842. The first kappa shape index (κ1) is 14.9. The van der Waals surface area contributed by atoms with Gasteiger partial charge in [0, 0.05) is 16.8 Å². The number of carbonyl (C=O) groups is 2. The topological polar surface area (TPSA) is 55.4 Å². The number of hydrogen-bond acceptors (Lipinski definition) is 3. The number of allylic oxidation sites excluding steroid dienone is 5. The molecule has 24 heavy (non-hydrogen) atoms.